The lowest BCUT2D eigenvalue weighted by atomic mass is 10.2. The molecule has 3 aromatic rings. The number of carbonyl (C=O) groups excluding carboxylic acids is 1. The van der Waals surface area contributed by atoms with Crippen LogP contribution in [0.25, 0.3) is 11.1 Å². The number of anilines is 2. The van der Waals surface area contributed by atoms with E-state index in [0.717, 1.165) is 11.9 Å². The molecule has 0 aliphatic heterocycles. The smallest absolute Gasteiger partial charge is 0.255 e. The summed E-state index contributed by atoms with van der Waals surface area (Å²) in [6, 6.07) is 12.2. The van der Waals surface area contributed by atoms with Gasteiger partial charge in [-0.15, -0.1) is 0 Å². The lowest BCUT2D eigenvalue weighted by Crippen LogP contribution is -2.11. The van der Waals surface area contributed by atoms with Gasteiger partial charge in [0.1, 0.15) is 5.52 Å². The largest absolute Gasteiger partial charge is 0.441 e. The Bertz CT molecular complexity index is 808. The van der Waals surface area contributed by atoms with Crippen molar-refractivity contribution in [3.8, 4) is 0 Å². The van der Waals surface area contributed by atoms with Gasteiger partial charge in [0.2, 0.25) is 0 Å². The molecule has 1 amide bonds. The fraction of sp³-hybridized carbons (Fsp3) is 0.125. The predicted molar refractivity (Wildman–Crippen MR) is 82.2 cm³/mol. The van der Waals surface area contributed by atoms with Crippen LogP contribution in [0.1, 0.15) is 23.2 Å². The molecule has 0 fully saturated rings. The molecule has 1 aromatic heterocycles. The number of aryl methyl sites for hydroxylation is 1. The zero-order valence-corrected chi connectivity index (χ0v) is 11.6. The number of nitrogen functional groups attached to an aromatic ring is 1. The first-order chi connectivity index (χ1) is 10.2. The molecule has 0 radical (unpaired) electrons. The van der Waals surface area contributed by atoms with Crippen LogP contribution >= 0.6 is 0 Å². The third kappa shape index (κ3) is 2.72. The number of fused-ring (bicyclic) bond motifs is 1. The highest BCUT2D eigenvalue weighted by Gasteiger charge is 2.09. The molecule has 0 aliphatic carbocycles. The number of oxazole rings is 1. The number of nitrogens with zero attached hydrogens (tertiary/aromatic N) is 1. The molecule has 1 heterocycles. The zero-order valence-electron chi connectivity index (χ0n) is 11.6. The van der Waals surface area contributed by atoms with Crippen LogP contribution in [0.4, 0.5) is 11.4 Å². The van der Waals surface area contributed by atoms with Crippen molar-refractivity contribution in [1.82, 2.24) is 4.98 Å². The van der Waals surface area contributed by atoms with E-state index in [9.17, 15) is 4.79 Å². The molecule has 2 aromatic carbocycles. The van der Waals surface area contributed by atoms with Crippen LogP contribution < -0.4 is 11.1 Å². The Balaban J connectivity index is 1.85. The first-order valence-electron chi connectivity index (χ1n) is 6.72. The Morgan fingerprint density at radius 1 is 1.29 bits per heavy atom. The summed E-state index contributed by atoms with van der Waals surface area (Å²) in [7, 11) is 0. The second kappa shape index (κ2) is 5.28. The second-order valence-electron chi connectivity index (χ2n) is 4.72. The average Bonchev–Trinajstić information content (AvgIpc) is 2.89. The topological polar surface area (TPSA) is 81.2 Å². The number of amides is 1. The molecule has 5 nitrogen and oxygen atoms in total. The van der Waals surface area contributed by atoms with Crippen LogP contribution in [0.5, 0.6) is 0 Å². The third-order valence-corrected chi connectivity index (χ3v) is 3.14. The fourth-order valence-corrected chi connectivity index (χ4v) is 2.09. The summed E-state index contributed by atoms with van der Waals surface area (Å²) < 4.78 is 5.54. The minimum atomic E-state index is -0.208. The molecule has 5 heteroatoms. The average molecular weight is 281 g/mol. The van der Waals surface area contributed by atoms with Gasteiger partial charge in [0.25, 0.3) is 5.91 Å². The van der Waals surface area contributed by atoms with Crippen molar-refractivity contribution >= 4 is 28.4 Å². The third-order valence-electron chi connectivity index (χ3n) is 3.14. The molecule has 0 unspecified atom stereocenters. The molecule has 0 aliphatic rings. The number of rotatable bonds is 3. The molecule has 106 valence electrons. The van der Waals surface area contributed by atoms with E-state index >= 15 is 0 Å². The maximum atomic E-state index is 12.2. The highest BCUT2D eigenvalue weighted by atomic mass is 16.3. The van der Waals surface area contributed by atoms with Gasteiger partial charge in [0.05, 0.1) is 0 Å². The van der Waals surface area contributed by atoms with E-state index in [-0.39, 0.29) is 5.91 Å². The Morgan fingerprint density at radius 2 is 2.14 bits per heavy atom. The van der Waals surface area contributed by atoms with Gasteiger partial charge < -0.3 is 15.5 Å². The summed E-state index contributed by atoms with van der Waals surface area (Å²) >= 11 is 0. The van der Waals surface area contributed by atoms with Gasteiger partial charge in [-0.1, -0.05) is 13.0 Å². The predicted octanol–water partition coefficient (Wildman–Crippen LogP) is 3.22. The van der Waals surface area contributed by atoms with Gasteiger partial charge in [-0.05, 0) is 36.4 Å². The Labute approximate surface area is 121 Å². The molecule has 0 spiro atoms. The van der Waals surface area contributed by atoms with Gasteiger partial charge in [-0.25, -0.2) is 4.98 Å². The van der Waals surface area contributed by atoms with Crippen molar-refractivity contribution in [3.05, 3.63) is 53.9 Å². The SMILES string of the molecule is CCc1nc2cc(NC(=O)c3cccc(N)c3)ccc2o1. The highest BCUT2D eigenvalue weighted by molar-refractivity contribution is 6.05. The summed E-state index contributed by atoms with van der Waals surface area (Å²) in [6.45, 7) is 1.98. The lowest BCUT2D eigenvalue weighted by molar-refractivity contribution is 0.102. The van der Waals surface area contributed by atoms with E-state index in [1.54, 1.807) is 42.5 Å². The van der Waals surface area contributed by atoms with E-state index in [1.165, 1.54) is 0 Å². The quantitative estimate of drug-likeness (QED) is 0.722. The van der Waals surface area contributed by atoms with Crippen molar-refractivity contribution in [1.29, 1.82) is 0 Å². The molecule has 0 atom stereocenters. The maximum Gasteiger partial charge on any atom is 0.255 e. The molecule has 3 N–H and O–H groups in total. The standard InChI is InChI=1S/C16H15N3O2/c1-2-15-19-13-9-12(6-7-14(13)21-15)18-16(20)10-4-3-5-11(17)8-10/h3-9H,2,17H2,1H3,(H,18,20). The number of benzene rings is 2. The van der Waals surface area contributed by atoms with Crippen molar-refractivity contribution in [3.63, 3.8) is 0 Å². The number of nitrogens with two attached hydrogens (primary N) is 1. The first kappa shape index (κ1) is 13.2. The number of hydrogen-bond donors (Lipinski definition) is 2. The van der Waals surface area contributed by atoms with E-state index in [4.69, 9.17) is 10.2 Å². The summed E-state index contributed by atoms with van der Waals surface area (Å²) in [4.78, 5) is 16.5. The van der Waals surface area contributed by atoms with Crippen molar-refractivity contribution in [2.75, 3.05) is 11.1 Å². The van der Waals surface area contributed by atoms with Crippen molar-refractivity contribution in [2.45, 2.75) is 13.3 Å². The van der Waals surface area contributed by atoms with Gasteiger partial charge in [-0.2, -0.15) is 0 Å². The minimum Gasteiger partial charge on any atom is -0.441 e. The van der Waals surface area contributed by atoms with Gasteiger partial charge in [-0.3, -0.25) is 4.79 Å². The normalized spacial score (nSPS) is 10.7. The van der Waals surface area contributed by atoms with Gasteiger partial charge in [0.15, 0.2) is 11.5 Å². The lowest BCUT2D eigenvalue weighted by Gasteiger charge is -2.05. The number of aromatic nitrogens is 1. The fourth-order valence-electron chi connectivity index (χ4n) is 2.09. The molecular formula is C16H15N3O2. The first-order valence-corrected chi connectivity index (χ1v) is 6.72. The Kier molecular flexibility index (Phi) is 3.31. The van der Waals surface area contributed by atoms with Gasteiger partial charge >= 0.3 is 0 Å². The van der Waals surface area contributed by atoms with Crippen LogP contribution in [0.15, 0.2) is 46.9 Å². The van der Waals surface area contributed by atoms with E-state index in [2.05, 4.69) is 10.3 Å². The van der Waals surface area contributed by atoms with E-state index < -0.39 is 0 Å². The van der Waals surface area contributed by atoms with Gasteiger partial charge in [0, 0.05) is 23.4 Å². The molecule has 0 saturated carbocycles. The number of carbonyl (C=O) groups is 1. The van der Waals surface area contributed by atoms with Crippen LogP contribution in [-0.4, -0.2) is 10.9 Å². The van der Waals surface area contributed by atoms with Crippen molar-refractivity contribution < 1.29 is 9.21 Å². The Hall–Kier alpha value is -2.82. The molecular weight excluding hydrogens is 266 g/mol. The van der Waals surface area contributed by atoms with Crippen LogP contribution in [0.2, 0.25) is 0 Å². The maximum absolute atomic E-state index is 12.2. The monoisotopic (exact) mass is 281 g/mol. The number of hydrogen-bond acceptors (Lipinski definition) is 4. The van der Waals surface area contributed by atoms with Crippen LogP contribution in [-0.2, 0) is 6.42 Å². The summed E-state index contributed by atoms with van der Waals surface area (Å²) in [5.74, 6) is 0.477. The van der Waals surface area contributed by atoms with Crippen LogP contribution in [0, 0.1) is 0 Å². The molecule has 3 rings (SSSR count). The summed E-state index contributed by atoms with van der Waals surface area (Å²) in [6.07, 6.45) is 0.736. The van der Waals surface area contributed by atoms with Crippen LogP contribution in [0.3, 0.4) is 0 Å². The van der Waals surface area contributed by atoms with Crippen molar-refractivity contribution in [2.24, 2.45) is 0 Å². The van der Waals surface area contributed by atoms with E-state index in [1.807, 2.05) is 6.92 Å². The summed E-state index contributed by atoms with van der Waals surface area (Å²) in [5, 5.41) is 2.83. The number of nitrogens with one attached hydrogen (secondary N) is 1. The van der Waals surface area contributed by atoms with E-state index in [0.29, 0.717) is 28.4 Å². The molecule has 21 heavy (non-hydrogen) atoms. The highest BCUT2D eigenvalue weighted by Crippen LogP contribution is 2.21. The zero-order chi connectivity index (χ0) is 14.8. The summed E-state index contributed by atoms with van der Waals surface area (Å²) in [5.41, 5.74) is 8.88. The second-order valence-corrected chi connectivity index (χ2v) is 4.72. The molecule has 0 bridgehead atoms. The minimum absolute atomic E-state index is 0.208. The Morgan fingerprint density at radius 3 is 2.90 bits per heavy atom. The molecule has 0 saturated heterocycles.